The lowest BCUT2D eigenvalue weighted by Gasteiger charge is -2.30. The highest BCUT2D eigenvalue weighted by molar-refractivity contribution is 7.89. The molecular weight excluding hydrogens is 340 g/mol. The van der Waals surface area contributed by atoms with Crippen LogP contribution in [0.1, 0.15) is 11.6 Å². The van der Waals surface area contributed by atoms with Crippen molar-refractivity contribution in [2.24, 2.45) is 0 Å². The summed E-state index contributed by atoms with van der Waals surface area (Å²) in [6.07, 6.45) is 0. The summed E-state index contributed by atoms with van der Waals surface area (Å²) in [7, 11) is -3.82. The van der Waals surface area contributed by atoms with Gasteiger partial charge in [-0.15, -0.1) is 0 Å². The molecule has 1 heterocycles. The number of morpholine rings is 1. The Kier molecular flexibility index (Phi) is 5.47. The third kappa shape index (κ3) is 4.25. The van der Waals surface area contributed by atoms with E-state index in [2.05, 4.69) is 4.72 Å². The second kappa shape index (κ2) is 7.77. The van der Waals surface area contributed by atoms with E-state index in [1.54, 1.807) is 47.4 Å². The Bertz CT molecular complexity index is 803. The molecule has 1 saturated heterocycles. The van der Waals surface area contributed by atoms with Crippen molar-refractivity contribution in [3.8, 4) is 0 Å². The first kappa shape index (κ1) is 17.6. The van der Waals surface area contributed by atoms with Crippen molar-refractivity contribution in [1.82, 2.24) is 9.62 Å². The van der Waals surface area contributed by atoms with Gasteiger partial charge in [0.15, 0.2) is 0 Å². The molecule has 6 nitrogen and oxygen atoms in total. The van der Waals surface area contributed by atoms with Crippen molar-refractivity contribution in [2.45, 2.75) is 10.9 Å². The smallest absolute Gasteiger partial charge is 0.245 e. The largest absolute Gasteiger partial charge is 0.378 e. The lowest BCUT2D eigenvalue weighted by Crippen LogP contribution is -2.47. The van der Waals surface area contributed by atoms with Crippen molar-refractivity contribution in [2.75, 3.05) is 26.3 Å². The minimum Gasteiger partial charge on any atom is -0.378 e. The maximum absolute atomic E-state index is 13.0. The van der Waals surface area contributed by atoms with Gasteiger partial charge in [0, 0.05) is 13.1 Å². The van der Waals surface area contributed by atoms with Crippen LogP contribution in [0.25, 0.3) is 0 Å². The minimum absolute atomic E-state index is 0.130. The summed E-state index contributed by atoms with van der Waals surface area (Å²) in [6, 6.07) is 16.0. The number of carbonyl (C=O) groups excluding carboxylic acids is 1. The normalized spacial score (nSPS) is 16.4. The van der Waals surface area contributed by atoms with E-state index in [4.69, 9.17) is 4.74 Å². The van der Waals surface area contributed by atoms with Gasteiger partial charge in [-0.25, -0.2) is 8.42 Å². The molecule has 1 amide bonds. The molecule has 2 aromatic carbocycles. The number of carbonyl (C=O) groups is 1. The molecule has 1 aliphatic rings. The van der Waals surface area contributed by atoms with Crippen molar-refractivity contribution in [3.05, 3.63) is 66.2 Å². The fourth-order valence-electron chi connectivity index (χ4n) is 2.70. The molecule has 1 atom stereocenters. The van der Waals surface area contributed by atoms with Crippen molar-refractivity contribution in [1.29, 1.82) is 0 Å². The molecule has 7 heteroatoms. The molecule has 0 saturated carbocycles. The van der Waals surface area contributed by atoms with E-state index in [0.29, 0.717) is 31.9 Å². The van der Waals surface area contributed by atoms with Crippen LogP contribution >= 0.6 is 0 Å². The zero-order valence-corrected chi connectivity index (χ0v) is 14.5. The standard InChI is InChI=1S/C18H20N2O4S/c21-18(20-11-13-24-14-12-20)17(15-7-3-1-4-8-15)19-25(22,23)16-9-5-2-6-10-16/h1-10,17,19H,11-14H2. The molecule has 0 bridgehead atoms. The molecule has 3 rings (SSSR count). The molecular formula is C18H20N2O4S. The van der Waals surface area contributed by atoms with Gasteiger partial charge < -0.3 is 9.64 Å². The third-order valence-electron chi connectivity index (χ3n) is 4.03. The highest BCUT2D eigenvalue weighted by atomic mass is 32.2. The van der Waals surface area contributed by atoms with Crippen LogP contribution < -0.4 is 4.72 Å². The first-order valence-electron chi connectivity index (χ1n) is 8.07. The monoisotopic (exact) mass is 360 g/mol. The lowest BCUT2D eigenvalue weighted by molar-refractivity contribution is -0.137. The van der Waals surface area contributed by atoms with Gasteiger partial charge in [0.2, 0.25) is 15.9 Å². The van der Waals surface area contributed by atoms with Gasteiger partial charge in [-0.05, 0) is 17.7 Å². The van der Waals surface area contributed by atoms with E-state index < -0.39 is 16.1 Å². The van der Waals surface area contributed by atoms with E-state index in [1.807, 2.05) is 6.07 Å². The number of hydrogen-bond acceptors (Lipinski definition) is 4. The Balaban J connectivity index is 1.90. The SMILES string of the molecule is O=C(C(NS(=O)(=O)c1ccccc1)c1ccccc1)N1CCOCC1. The van der Waals surface area contributed by atoms with E-state index in [0.717, 1.165) is 0 Å². The molecule has 1 fully saturated rings. The van der Waals surface area contributed by atoms with E-state index in [9.17, 15) is 13.2 Å². The van der Waals surface area contributed by atoms with Gasteiger partial charge in [-0.1, -0.05) is 48.5 Å². The van der Waals surface area contributed by atoms with Crippen LogP contribution in [0.5, 0.6) is 0 Å². The first-order valence-corrected chi connectivity index (χ1v) is 9.55. The second-order valence-electron chi connectivity index (χ2n) is 5.72. The van der Waals surface area contributed by atoms with Crippen molar-refractivity contribution < 1.29 is 17.9 Å². The Labute approximate surface area is 147 Å². The quantitative estimate of drug-likeness (QED) is 0.878. The van der Waals surface area contributed by atoms with Crippen LogP contribution in [0.2, 0.25) is 0 Å². The number of nitrogens with one attached hydrogen (secondary N) is 1. The molecule has 0 radical (unpaired) electrons. The summed E-state index contributed by atoms with van der Waals surface area (Å²) in [5.41, 5.74) is 0.610. The van der Waals surface area contributed by atoms with Crippen LogP contribution in [-0.2, 0) is 19.6 Å². The predicted octanol–water partition coefficient (Wildman–Crippen LogP) is 1.56. The summed E-state index contributed by atoms with van der Waals surface area (Å²) >= 11 is 0. The fraction of sp³-hybridized carbons (Fsp3) is 0.278. The average molecular weight is 360 g/mol. The van der Waals surface area contributed by atoms with Crippen LogP contribution in [0, 0.1) is 0 Å². The van der Waals surface area contributed by atoms with Gasteiger partial charge in [0.1, 0.15) is 6.04 Å². The van der Waals surface area contributed by atoms with Crippen molar-refractivity contribution >= 4 is 15.9 Å². The number of benzene rings is 2. The van der Waals surface area contributed by atoms with Crippen LogP contribution in [-0.4, -0.2) is 45.5 Å². The number of hydrogen-bond donors (Lipinski definition) is 1. The number of ether oxygens (including phenoxy) is 1. The topological polar surface area (TPSA) is 75.7 Å². The molecule has 2 aromatic rings. The van der Waals surface area contributed by atoms with Crippen LogP contribution in [0.15, 0.2) is 65.6 Å². The molecule has 25 heavy (non-hydrogen) atoms. The maximum atomic E-state index is 13.0. The number of rotatable bonds is 5. The lowest BCUT2D eigenvalue weighted by atomic mass is 10.1. The maximum Gasteiger partial charge on any atom is 0.245 e. The van der Waals surface area contributed by atoms with Gasteiger partial charge in [-0.2, -0.15) is 4.72 Å². The Morgan fingerprint density at radius 2 is 1.52 bits per heavy atom. The van der Waals surface area contributed by atoms with E-state index >= 15 is 0 Å². The van der Waals surface area contributed by atoms with E-state index in [-0.39, 0.29) is 10.8 Å². The number of sulfonamides is 1. The molecule has 1 unspecified atom stereocenters. The summed E-state index contributed by atoms with van der Waals surface area (Å²) in [4.78, 5) is 14.7. The van der Waals surface area contributed by atoms with Gasteiger partial charge in [0.25, 0.3) is 0 Å². The Morgan fingerprint density at radius 1 is 0.960 bits per heavy atom. The van der Waals surface area contributed by atoms with Crippen molar-refractivity contribution in [3.63, 3.8) is 0 Å². The minimum atomic E-state index is -3.82. The number of amides is 1. The van der Waals surface area contributed by atoms with Gasteiger partial charge in [0.05, 0.1) is 18.1 Å². The molecule has 1 aliphatic heterocycles. The predicted molar refractivity (Wildman–Crippen MR) is 93.3 cm³/mol. The number of nitrogens with zero attached hydrogens (tertiary/aromatic N) is 1. The Hall–Kier alpha value is -2.22. The molecule has 0 aromatic heterocycles. The summed E-state index contributed by atoms with van der Waals surface area (Å²) < 4.78 is 33.2. The third-order valence-corrected chi connectivity index (χ3v) is 5.47. The summed E-state index contributed by atoms with van der Waals surface area (Å²) in [6.45, 7) is 1.82. The highest BCUT2D eigenvalue weighted by Crippen LogP contribution is 2.20. The second-order valence-corrected chi connectivity index (χ2v) is 7.43. The molecule has 132 valence electrons. The zero-order chi connectivity index (χ0) is 17.7. The highest BCUT2D eigenvalue weighted by Gasteiger charge is 2.31. The van der Waals surface area contributed by atoms with Gasteiger partial charge >= 0.3 is 0 Å². The van der Waals surface area contributed by atoms with Gasteiger partial charge in [-0.3, -0.25) is 4.79 Å². The molecule has 0 aliphatic carbocycles. The Morgan fingerprint density at radius 3 is 2.12 bits per heavy atom. The van der Waals surface area contributed by atoms with Crippen LogP contribution in [0.4, 0.5) is 0 Å². The summed E-state index contributed by atoms with van der Waals surface area (Å²) in [5, 5.41) is 0. The fourth-order valence-corrected chi connectivity index (χ4v) is 3.89. The zero-order valence-electron chi connectivity index (χ0n) is 13.7. The molecule has 1 N–H and O–H groups in total. The molecule has 0 spiro atoms. The first-order chi connectivity index (χ1) is 12.1. The van der Waals surface area contributed by atoms with Crippen LogP contribution in [0.3, 0.4) is 0 Å². The average Bonchev–Trinajstić information content (AvgIpc) is 2.68. The summed E-state index contributed by atoms with van der Waals surface area (Å²) in [5.74, 6) is -0.269. The van der Waals surface area contributed by atoms with E-state index in [1.165, 1.54) is 12.1 Å².